The van der Waals surface area contributed by atoms with Crippen molar-refractivity contribution in [2.45, 2.75) is 25.6 Å². The number of nitrogens with zero attached hydrogens (tertiary/aromatic N) is 4. The number of hydrogen-bond acceptors (Lipinski definition) is 6. The molecule has 1 aromatic carbocycles. The van der Waals surface area contributed by atoms with Gasteiger partial charge in [0.25, 0.3) is 0 Å². The molecule has 0 fully saturated rings. The maximum Gasteiger partial charge on any atom is 0.224 e. The number of nitrogens with two attached hydrogens (primary N) is 1. The molecule has 0 saturated heterocycles. The molecule has 3 N–H and O–H groups in total. The van der Waals surface area contributed by atoms with Crippen molar-refractivity contribution in [3.8, 4) is 0 Å². The maximum atomic E-state index is 6.01. The van der Waals surface area contributed by atoms with E-state index in [9.17, 15) is 0 Å². The van der Waals surface area contributed by atoms with E-state index in [2.05, 4.69) is 27.3 Å². The first-order valence-electron chi connectivity index (χ1n) is 6.39. The highest BCUT2D eigenvalue weighted by Gasteiger charge is 2.26. The third-order valence-electron chi connectivity index (χ3n) is 3.18. The van der Waals surface area contributed by atoms with Gasteiger partial charge in [0.05, 0.1) is 6.04 Å². The quantitative estimate of drug-likeness (QED) is 0.829. The second kappa shape index (κ2) is 6.32. The zero-order valence-electron chi connectivity index (χ0n) is 11.4. The second-order valence-corrected chi connectivity index (χ2v) is 5.18. The van der Waals surface area contributed by atoms with Crippen LogP contribution in [0.3, 0.4) is 0 Å². The molecule has 21 heavy (non-hydrogen) atoms. The Morgan fingerprint density at radius 3 is 2.86 bits per heavy atom. The zero-order chi connectivity index (χ0) is 14.1. The van der Waals surface area contributed by atoms with Gasteiger partial charge in [0.2, 0.25) is 5.96 Å². The summed E-state index contributed by atoms with van der Waals surface area (Å²) in [6.07, 6.45) is 2.36. The van der Waals surface area contributed by atoms with Crippen molar-refractivity contribution in [2.75, 3.05) is 0 Å². The van der Waals surface area contributed by atoms with Crippen LogP contribution in [0.15, 0.2) is 39.4 Å². The van der Waals surface area contributed by atoms with Gasteiger partial charge in [-0.3, -0.25) is 5.32 Å². The Morgan fingerprint density at radius 2 is 2.19 bits per heavy atom. The number of hydrazone groups is 1. The summed E-state index contributed by atoms with van der Waals surface area (Å²) in [7, 11) is 0. The van der Waals surface area contributed by atoms with Gasteiger partial charge in [-0.25, -0.2) is 15.0 Å². The molecule has 0 radical (unpaired) electrons. The molecule has 0 bridgehead atoms. The van der Waals surface area contributed by atoms with Gasteiger partial charge in [-0.1, -0.05) is 23.7 Å². The molecule has 0 amide bonds. The van der Waals surface area contributed by atoms with E-state index in [1.54, 1.807) is 0 Å². The van der Waals surface area contributed by atoms with Crippen LogP contribution in [-0.4, -0.2) is 29.2 Å². The van der Waals surface area contributed by atoms with Crippen molar-refractivity contribution in [3.05, 3.63) is 34.9 Å². The topological polar surface area (TPSA) is 78.4 Å². The minimum absolute atomic E-state index is 0. The monoisotopic (exact) mass is 326 g/mol. The van der Waals surface area contributed by atoms with Gasteiger partial charge in [0.15, 0.2) is 12.1 Å². The van der Waals surface area contributed by atoms with E-state index in [1.807, 2.05) is 35.5 Å². The van der Waals surface area contributed by atoms with Crippen LogP contribution in [0, 0.1) is 0 Å². The number of nitrogens with one attached hydrogen (secondary N) is 1. The molecule has 8 heteroatoms. The zero-order valence-corrected chi connectivity index (χ0v) is 13.0. The summed E-state index contributed by atoms with van der Waals surface area (Å²) in [4.78, 5) is 8.87. The Labute approximate surface area is 134 Å². The molecule has 2 unspecified atom stereocenters. The smallest absolute Gasteiger partial charge is 0.224 e. The summed E-state index contributed by atoms with van der Waals surface area (Å²) in [6.45, 7) is 2.08. The molecule has 2 atom stereocenters. The summed E-state index contributed by atoms with van der Waals surface area (Å²) >= 11 is 6.01. The molecule has 2 aliphatic heterocycles. The number of guanidine groups is 2. The van der Waals surface area contributed by atoms with Crippen LogP contribution in [0.1, 0.15) is 25.1 Å². The lowest BCUT2D eigenvalue weighted by Crippen LogP contribution is -2.48. The van der Waals surface area contributed by atoms with E-state index in [1.165, 1.54) is 0 Å². The maximum absolute atomic E-state index is 6.01. The van der Waals surface area contributed by atoms with Crippen LogP contribution >= 0.6 is 24.0 Å². The highest BCUT2D eigenvalue weighted by molar-refractivity contribution is 6.30. The van der Waals surface area contributed by atoms with E-state index in [-0.39, 0.29) is 18.4 Å². The number of aliphatic imine (C=N–C) groups is 2. The Balaban J connectivity index is 0.00000161. The van der Waals surface area contributed by atoms with Crippen molar-refractivity contribution < 1.29 is 0 Å². The average Bonchev–Trinajstić information content (AvgIpc) is 2.84. The first-order valence-corrected chi connectivity index (χ1v) is 6.76. The largest absolute Gasteiger partial charge is 0.370 e. The van der Waals surface area contributed by atoms with Gasteiger partial charge in [-0.05, 0) is 24.6 Å². The van der Waals surface area contributed by atoms with E-state index in [0.29, 0.717) is 16.9 Å². The van der Waals surface area contributed by atoms with Gasteiger partial charge in [-0.2, -0.15) is 5.10 Å². The minimum atomic E-state index is -0.395. The molecule has 6 nitrogen and oxygen atoms in total. The van der Waals surface area contributed by atoms with E-state index in [4.69, 9.17) is 17.3 Å². The second-order valence-electron chi connectivity index (χ2n) is 4.75. The molecule has 0 saturated carbocycles. The van der Waals surface area contributed by atoms with Crippen molar-refractivity contribution in [1.82, 2.24) is 10.3 Å². The first-order chi connectivity index (χ1) is 9.63. The van der Waals surface area contributed by atoms with Crippen LogP contribution in [0.4, 0.5) is 0 Å². The van der Waals surface area contributed by atoms with Gasteiger partial charge in [0.1, 0.15) is 0 Å². The lowest BCUT2D eigenvalue weighted by molar-refractivity contribution is 0.371. The molecule has 1 aromatic rings. The molecular weight excluding hydrogens is 311 g/mol. The third-order valence-corrected chi connectivity index (χ3v) is 3.41. The van der Waals surface area contributed by atoms with Gasteiger partial charge in [-0.15, -0.1) is 12.4 Å². The van der Waals surface area contributed by atoms with Crippen LogP contribution in [-0.2, 0) is 0 Å². The summed E-state index contributed by atoms with van der Waals surface area (Å²) in [5, 5.41) is 9.73. The Morgan fingerprint density at radius 1 is 1.38 bits per heavy atom. The normalized spacial score (nSPS) is 24.0. The molecule has 0 aliphatic carbocycles. The lowest BCUT2D eigenvalue weighted by Gasteiger charge is -2.26. The Kier molecular flexibility index (Phi) is 4.69. The summed E-state index contributed by atoms with van der Waals surface area (Å²) in [5.41, 5.74) is 6.75. The van der Waals surface area contributed by atoms with Gasteiger partial charge in [0, 0.05) is 17.7 Å². The SMILES string of the molecule is CC1CC=NN1C1=NC(c2cccc(Cl)c2)N=C(N)N1.Cl. The molecule has 3 rings (SSSR count). The fourth-order valence-corrected chi connectivity index (χ4v) is 2.35. The van der Waals surface area contributed by atoms with E-state index in [0.717, 1.165) is 12.0 Å². The number of hydrogen-bond donors (Lipinski definition) is 2. The highest BCUT2D eigenvalue weighted by Crippen LogP contribution is 2.24. The Hall–Kier alpha value is -1.79. The van der Waals surface area contributed by atoms with E-state index >= 15 is 0 Å². The number of rotatable bonds is 1. The Bertz CT molecular complexity index is 612. The molecule has 2 heterocycles. The fourth-order valence-electron chi connectivity index (χ4n) is 2.15. The molecule has 0 spiro atoms. The van der Waals surface area contributed by atoms with Crippen molar-refractivity contribution >= 4 is 42.1 Å². The standard InChI is InChI=1S/C13H15ClN6.ClH/c1-8-5-6-16-20(8)13-18-11(17-12(15)19-13)9-3-2-4-10(14)7-9;/h2-4,6-8,11H,5H2,1H3,(H3,15,17,18,19);1H. The number of benzene rings is 1. The number of halogens is 2. The predicted octanol–water partition coefficient (Wildman–Crippen LogP) is 2.11. The van der Waals surface area contributed by atoms with Crippen molar-refractivity contribution in [1.29, 1.82) is 0 Å². The summed E-state index contributed by atoms with van der Waals surface area (Å²) in [5.74, 6) is 0.943. The van der Waals surface area contributed by atoms with Crippen LogP contribution in [0.25, 0.3) is 0 Å². The van der Waals surface area contributed by atoms with Crippen molar-refractivity contribution in [3.63, 3.8) is 0 Å². The molecule has 112 valence electrons. The summed E-state index contributed by atoms with van der Waals surface area (Å²) < 4.78 is 0. The van der Waals surface area contributed by atoms with Gasteiger partial charge >= 0.3 is 0 Å². The fraction of sp³-hybridized carbons (Fsp3) is 0.308. The third kappa shape index (κ3) is 3.28. The molecular formula is C13H16Cl2N6. The molecule has 2 aliphatic rings. The predicted molar refractivity (Wildman–Crippen MR) is 88.0 cm³/mol. The lowest BCUT2D eigenvalue weighted by atomic mass is 10.2. The van der Waals surface area contributed by atoms with E-state index < -0.39 is 6.17 Å². The first kappa shape index (κ1) is 15.6. The van der Waals surface area contributed by atoms with Gasteiger partial charge < -0.3 is 5.73 Å². The van der Waals surface area contributed by atoms with Crippen LogP contribution in [0.5, 0.6) is 0 Å². The average molecular weight is 327 g/mol. The van der Waals surface area contributed by atoms with Crippen LogP contribution in [0.2, 0.25) is 5.02 Å². The molecule has 0 aromatic heterocycles. The minimum Gasteiger partial charge on any atom is -0.370 e. The van der Waals surface area contributed by atoms with Crippen LogP contribution < -0.4 is 11.1 Å². The summed E-state index contributed by atoms with van der Waals surface area (Å²) in [6, 6.07) is 7.71. The van der Waals surface area contributed by atoms with Crippen molar-refractivity contribution in [2.24, 2.45) is 20.8 Å². The highest BCUT2D eigenvalue weighted by atomic mass is 35.5.